The molecule has 0 saturated carbocycles. The van der Waals surface area contributed by atoms with Gasteiger partial charge in [0, 0.05) is 0 Å². The molecule has 0 aromatic carbocycles. The normalized spacial score (nSPS) is 14.2. The van der Waals surface area contributed by atoms with Gasteiger partial charge < -0.3 is 19.9 Å². The van der Waals surface area contributed by atoms with E-state index in [0.29, 0.717) is 11.8 Å². The molecule has 1 heterocycles. The van der Waals surface area contributed by atoms with Crippen molar-refractivity contribution in [3.8, 4) is 0 Å². The summed E-state index contributed by atoms with van der Waals surface area (Å²) >= 11 is 0. The van der Waals surface area contributed by atoms with Crippen molar-refractivity contribution in [3.63, 3.8) is 0 Å². The molecule has 0 spiro atoms. The van der Waals surface area contributed by atoms with Gasteiger partial charge in [0.1, 0.15) is 6.61 Å². The van der Waals surface area contributed by atoms with Gasteiger partial charge in [-0.2, -0.15) is 0 Å². The molecule has 2 N–H and O–H groups in total. The maximum absolute atomic E-state index is 8.32. The summed E-state index contributed by atoms with van der Waals surface area (Å²) in [6.45, 7) is 14.1. The number of rotatable bonds is 5. The molecule has 0 unspecified atom stereocenters. The Balaban J connectivity index is 0. The first-order valence-corrected chi connectivity index (χ1v) is 6.90. The van der Waals surface area contributed by atoms with Gasteiger partial charge in [-0.15, -0.1) is 0 Å². The molecule has 0 bridgehead atoms. The van der Waals surface area contributed by atoms with Gasteiger partial charge in [0.15, 0.2) is 0 Å². The van der Waals surface area contributed by atoms with Gasteiger partial charge in [-0.1, -0.05) is 38.0 Å². The summed E-state index contributed by atoms with van der Waals surface area (Å²) in [6.07, 6.45) is 0. The molecule has 1 fully saturated rings. The second-order valence-corrected chi connectivity index (χ2v) is 4.95. The average molecular weight is 290 g/mol. The fraction of sp³-hybridized carbons (Fsp3) is 0.857. The summed E-state index contributed by atoms with van der Waals surface area (Å²) in [4.78, 5) is 4.74. The SMILES string of the molecule is C1CO1.CC(=NO)C(C)C.CC(=NOCCO)C(C)C. The lowest BCUT2D eigenvalue weighted by molar-refractivity contribution is 0.0976. The van der Waals surface area contributed by atoms with Crippen LogP contribution in [0, 0.1) is 11.8 Å². The quantitative estimate of drug-likeness (QED) is 0.268. The fourth-order valence-electron chi connectivity index (χ4n) is 0.409. The van der Waals surface area contributed by atoms with Crippen LogP contribution in [-0.4, -0.2) is 48.2 Å². The van der Waals surface area contributed by atoms with E-state index in [2.05, 4.69) is 15.0 Å². The summed E-state index contributed by atoms with van der Waals surface area (Å²) in [6, 6.07) is 0. The van der Waals surface area contributed by atoms with Crippen molar-refractivity contribution in [1.82, 2.24) is 0 Å². The Kier molecular flexibility index (Phi) is 15.1. The standard InChI is InChI=1S/C7H15NO2.C5H11NO.C2H4O/c1-6(2)7(3)8-10-5-4-9;1-4(2)5(3)6-7;1-2-3-1/h6,9H,4-5H2,1-3H3;4,7H,1-3H3;1-2H2. The summed E-state index contributed by atoms with van der Waals surface area (Å²) in [7, 11) is 0. The highest BCUT2D eigenvalue weighted by atomic mass is 16.6. The Morgan fingerprint density at radius 2 is 1.55 bits per heavy atom. The van der Waals surface area contributed by atoms with Crippen LogP contribution in [0.1, 0.15) is 41.5 Å². The minimum absolute atomic E-state index is 0.0227. The van der Waals surface area contributed by atoms with Gasteiger partial charge in [0.05, 0.1) is 31.2 Å². The first-order chi connectivity index (χ1) is 9.36. The van der Waals surface area contributed by atoms with Crippen LogP contribution in [0.3, 0.4) is 0 Å². The molecule has 0 aromatic rings. The molecule has 1 rings (SSSR count). The van der Waals surface area contributed by atoms with E-state index < -0.39 is 0 Å². The Bertz CT molecular complexity index is 272. The van der Waals surface area contributed by atoms with Crippen LogP contribution in [0.25, 0.3) is 0 Å². The number of aliphatic hydroxyl groups is 1. The molecule has 0 atom stereocenters. The van der Waals surface area contributed by atoms with Gasteiger partial charge in [0.25, 0.3) is 0 Å². The summed E-state index contributed by atoms with van der Waals surface area (Å²) in [5, 5.41) is 23.2. The first-order valence-electron chi connectivity index (χ1n) is 6.90. The van der Waals surface area contributed by atoms with E-state index in [1.54, 1.807) is 6.92 Å². The number of aliphatic hydroxyl groups excluding tert-OH is 1. The Morgan fingerprint density at radius 3 is 1.75 bits per heavy atom. The van der Waals surface area contributed by atoms with Crippen molar-refractivity contribution in [1.29, 1.82) is 0 Å². The van der Waals surface area contributed by atoms with Crippen LogP contribution >= 0.6 is 0 Å². The third kappa shape index (κ3) is 19.2. The molecule has 0 aliphatic carbocycles. The fourth-order valence-corrected chi connectivity index (χ4v) is 0.409. The molecule has 1 saturated heterocycles. The Morgan fingerprint density at radius 1 is 1.10 bits per heavy atom. The van der Waals surface area contributed by atoms with E-state index in [1.165, 1.54) is 0 Å². The Hall–Kier alpha value is -1.14. The van der Waals surface area contributed by atoms with E-state index in [1.807, 2.05) is 34.6 Å². The van der Waals surface area contributed by atoms with Crippen molar-refractivity contribution in [3.05, 3.63) is 0 Å². The number of oxime groups is 2. The topological polar surface area (TPSA) is 86.9 Å². The van der Waals surface area contributed by atoms with Crippen LogP contribution < -0.4 is 0 Å². The molecular weight excluding hydrogens is 260 g/mol. The van der Waals surface area contributed by atoms with Gasteiger partial charge in [-0.05, 0) is 25.7 Å². The highest BCUT2D eigenvalue weighted by molar-refractivity contribution is 5.83. The smallest absolute Gasteiger partial charge is 0.140 e. The lowest BCUT2D eigenvalue weighted by Gasteiger charge is -2.02. The van der Waals surface area contributed by atoms with Gasteiger partial charge in [0.2, 0.25) is 0 Å². The second kappa shape index (κ2) is 14.3. The molecular formula is C14H30N2O4. The van der Waals surface area contributed by atoms with E-state index in [0.717, 1.165) is 24.6 Å². The lowest BCUT2D eigenvalue weighted by atomic mass is 10.1. The van der Waals surface area contributed by atoms with Gasteiger partial charge in [-0.3, -0.25) is 0 Å². The second-order valence-electron chi connectivity index (χ2n) is 4.95. The monoisotopic (exact) mass is 290 g/mol. The number of nitrogens with zero attached hydrogens (tertiary/aromatic N) is 2. The van der Waals surface area contributed by atoms with Crippen molar-refractivity contribution >= 4 is 11.4 Å². The maximum Gasteiger partial charge on any atom is 0.140 e. The maximum atomic E-state index is 8.32. The highest BCUT2D eigenvalue weighted by Gasteiger charge is 1.96. The number of ether oxygens (including phenoxy) is 1. The van der Waals surface area contributed by atoms with Crippen molar-refractivity contribution < 1.29 is 19.9 Å². The van der Waals surface area contributed by atoms with Crippen LogP contribution in [0.5, 0.6) is 0 Å². The minimum atomic E-state index is 0.0227. The zero-order chi connectivity index (χ0) is 16.0. The molecule has 0 radical (unpaired) electrons. The van der Waals surface area contributed by atoms with Crippen molar-refractivity contribution in [2.75, 3.05) is 26.4 Å². The van der Waals surface area contributed by atoms with E-state index in [-0.39, 0.29) is 13.2 Å². The highest BCUT2D eigenvalue weighted by Crippen LogP contribution is 1.95. The van der Waals surface area contributed by atoms with E-state index >= 15 is 0 Å². The zero-order valence-electron chi connectivity index (χ0n) is 13.6. The third-order valence-electron chi connectivity index (χ3n) is 2.42. The molecule has 0 aromatic heterocycles. The van der Waals surface area contributed by atoms with Gasteiger partial charge >= 0.3 is 0 Å². The van der Waals surface area contributed by atoms with E-state index in [9.17, 15) is 0 Å². The third-order valence-corrected chi connectivity index (χ3v) is 2.42. The number of hydrogen-bond acceptors (Lipinski definition) is 6. The van der Waals surface area contributed by atoms with E-state index in [4.69, 9.17) is 15.2 Å². The molecule has 120 valence electrons. The van der Waals surface area contributed by atoms with Crippen molar-refractivity contribution in [2.45, 2.75) is 41.5 Å². The van der Waals surface area contributed by atoms with Crippen LogP contribution in [-0.2, 0) is 9.57 Å². The molecule has 1 aliphatic rings. The zero-order valence-corrected chi connectivity index (χ0v) is 13.6. The van der Waals surface area contributed by atoms with Crippen LogP contribution in [0.15, 0.2) is 10.3 Å². The van der Waals surface area contributed by atoms with Crippen molar-refractivity contribution in [2.24, 2.45) is 22.1 Å². The molecule has 1 aliphatic heterocycles. The summed E-state index contributed by atoms with van der Waals surface area (Å²) in [5.41, 5.74) is 1.73. The summed E-state index contributed by atoms with van der Waals surface area (Å²) in [5.74, 6) is 0.781. The number of epoxide rings is 1. The van der Waals surface area contributed by atoms with Crippen LogP contribution in [0.2, 0.25) is 0 Å². The number of hydrogen-bond donors (Lipinski definition) is 2. The molecule has 0 amide bonds. The Labute approximate surface area is 122 Å². The largest absolute Gasteiger partial charge is 0.411 e. The molecule has 20 heavy (non-hydrogen) atoms. The molecule has 6 nitrogen and oxygen atoms in total. The predicted molar refractivity (Wildman–Crippen MR) is 81.5 cm³/mol. The van der Waals surface area contributed by atoms with Crippen LogP contribution in [0.4, 0.5) is 0 Å². The minimum Gasteiger partial charge on any atom is -0.411 e. The predicted octanol–water partition coefficient (Wildman–Crippen LogP) is 2.54. The lowest BCUT2D eigenvalue weighted by Crippen LogP contribution is -2.04. The first kappa shape index (κ1) is 21.2. The molecule has 6 heteroatoms. The van der Waals surface area contributed by atoms with Gasteiger partial charge in [-0.25, -0.2) is 0 Å². The summed E-state index contributed by atoms with van der Waals surface area (Å²) < 4.78 is 4.50. The average Bonchev–Trinajstić information content (AvgIpc) is 3.26.